The number of benzene rings is 1. The van der Waals surface area contributed by atoms with Gasteiger partial charge in [-0.1, -0.05) is 38.1 Å². The van der Waals surface area contributed by atoms with Gasteiger partial charge in [0, 0.05) is 20.1 Å². The Morgan fingerprint density at radius 3 is 2.46 bits per heavy atom. The molecule has 1 aliphatic rings. The first-order valence-electron chi connectivity index (χ1n) is 10.0. The Bertz CT molecular complexity index is 716. The third-order valence-corrected chi connectivity index (χ3v) is 5.37. The molecule has 7 nitrogen and oxygen atoms in total. The van der Waals surface area contributed by atoms with Gasteiger partial charge in [-0.2, -0.15) is 0 Å². The number of nitrogens with one attached hydrogen (secondary N) is 3. The van der Waals surface area contributed by atoms with Crippen LogP contribution in [0.5, 0.6) is 0 Å². The number of nitrogens with zero attached hydrogens (tertiary/aromatic N) is 2. The van der Waals surface area contributed by atoms with Gasteiger partial charge in [0.05, 0.1) is 6.04 Å². The Morgan fingerprint density at radius 1 is 1.25 bits per heavy atom. The molecule has 3 amide bonds. The molecule has 1 aromatic carbocycles. The third kappa shape index (κ3) is 5.03. The van der Waals surface area contributed by atoms with E-state index in [4.69, 9.17) is 0 Å². The molecule has 0 saturated carbocycles. The lowest BCUT2D eigenvalue weighted by molar-refractivity contribution is -0.130. The summed E-state index contributed by atoms with van der Waals surface area (Å²) in [5.41, 5.74) is 1.74. The van der Waals surface area contributed by atoms with Crippen LogP contribution in [-0.2, 0) is 11.2 Å². The van der Waals surface area contributed by atoms with E-state index < -0.39 is 5.54 Å². The topological polar surface area (TPSA) is 85.8 Å². The van der Waals surface area contributed by atoms with Gasteiger partial charge in [0.25, 0.3) is 5.91 Å². The fraction of sp³-hybridized carbons (Fsp3) is 0.571. The molecule has 0 spiro atoms. The van der Waals surface area contributed by atoms with Gasteiger partial charge in [-0.05, 0) is 44.2 Å². The highest BCUT2D eigenvalue weighted by atomic mass is 16.2. The molecule has 1 heterocycles. The highest BCUT2D eigenvalue weighted by Gasteiger charge is 2.45. The molecule has 0 aromatic heterocycles. The zero-order valence-corrected chi connectivity index (χ0v) is 17.6. The first kappa shape index (κ1) is 21.7. The van der Waals surface area contributed by atoms with Crippen molar-refractivity contribution < 1.29 is 9.59 Å². The predicted octanol–water partition coefficient (Wildman–Crippen LogP) is 2.59. The third-order valence-electron chi connectivity index (χ3n) is 5.37. The van der Waals surface area contributed by atoms with Crippen molar-refractivity contribution in [3.05, 3.63) is 35.4 Å². The number of carbonyl (C=O) groups is 2. The van der Waals surface area contributed by atoms with E-state index in [1.807, 2.05) is 6.92 Å². The Labute approximate surface area is 168 Å². The summed E-state index contributed by atoms with van der Waals surface area (Å²) >= 11 is 0. The van der Waals surface area contributed by atoms with Crippen LogP contribution in [0.4, 0.5) is 4.79 Å². The van der Waals surface area contributed by atoms with Crippen molar-refractivity contribution in [1.29, 1.82) is 0 Å². The van der Waals surface area contributed by atoms with E-state index in [2.05, 4.69) is 59.1 Å². The lowest BCUT2D eigenvalue weighted by Gasteiger charge is -2.20. The maximum absolute atomic E-state index is 12.4. The molecule has 28 heavy (non-hydrogen) atoms. The van der Waals surface area contributed by atoms with Crippen molar-refractivity contribution in [2.45, 2.75) is 58.5 Å². The molecule has 1 aliphatic heterocycles. The normalized spacial score (nSPS) is 20.9. The van der Waals surface area contributed by atoms with Crippen molar-refractivity contribution >= 4 is 17.9 Å². The van der Waals surface area contributed by atoms with Gasteiger partial charge >= 0.3 is 6.03 Å². The second-order valence-electron chi connectivity index (χ2n) is 7.39. The SMILES string of the molecule is CCc1ccc(C(C)NC(=NC)NCCCN2C(=O)NC(C)(CC)C2=O)cc1. The van der Waals surface area contributed by atoms with E-state index in [1.54, 1.807) is 14.0 Å². The van der Waals surface area contributed by atoms with E-state index >= 15 is 0 Å². The fourth-order valence-electron chi connectivity index (χ4n) is 3.16. The summed E-state index contributed by atoms with van der Waals surface area (Å²) in [6, 6.07) is 8.37. The first-order valence-corrected chi connectivity index (χ1v) is 10.0. The minimum Gasteiger partial charge on any atom is -0.356 e. The Balaban J connectivity index is 1.79. The monoisotopic (exact) mass is 387 g/mol. The highest BCUT2D eigenvalue weighted by Crippen LogP contribution is 2.20. The molecule has 2 unspecified atom stereocenters. The van der Waals surface area contributed by atoms with E-state index in [1.165, 1.54) is 16.0 Å². The Hall–Kier alpha value is -2.57. The summed E-state index contributed by atoms with van der Waals surface area (Å²) in [7, 11) is 1.73. The van der Waals surface area contributed by atoms with Gasteiger partial charge in [-0.3, -0.25) is 14.7 Å². The number of hydrogen-bond acceptors (Lipinski definition) is 3. The summed E-state index contributed by atoms with van der Waals surface area (Å²) in [4.78, 5) is 30.0. The zero-order valence-electron chi connectivity index (χ0n) is 17.6. The van der Waals surface area contributed by atoms with Crippen LogP contribution < -0.4 is 16.0 Å². The van der Waals surface area contributed by atoms with Crippen LogP contribution in [0.3, 0.4) is 0 Å². The molecular formula is C21H33N5O2. The quantitative estimate of drug-likeness (QED) is 0.277. The van der Waals surface area contributed by atoms with E-state index in [-0.39, 0.29) is 18.0 Å². The molecule has 0 bridgehead atoms. The fourth-order valence-corrected chi connectivity index (χ4v) is 3.16. The standard InChI is InChI=1S/C21H33N5O2/c1-6-16-9-11-17(12-10-16)15(3)24-19(22-5)23-13-8-14-26-18(27)21(4,7-2)25-20(26)28/h9-12,15H,6-8,13-14H2,1-5H3,(H,25,28)(H2,22,23,24). The smallest absolute Gasteiger partial charge is 0.325 e. The van der Waals surface area contributed by atoms with Crippen molar-refractivity contribution in [3.63, 3.8) is 0 Å². The molecule has 7 heteroatoms. The summed E-state index contributed by atoms with van der Waals surface area (Å²) in [5, 5.41) is 9.39. The molecule has 154 valence electrons. The van der Waals surface area contributed by atoms with Gasteiger partial charge in [-0.25, -0.2) is 4.79 Å². The number of aliphatic imine (C=N–C) groups is 1. The number of urea groups is 1. The first-order chi connectivity index (χ1) is 13.3. The van der Waals surface area contributed by atoms with E-state index in [9.17, 15) is 9.59 Å². The average Bonchev–Trinajstić information content (AvgIpc) is 2.93. The number of rotatable bonds is 8. The van der Waals surface area contributed by atoms with Crippen molar-refractivity contribution in [2.75, 3.05) is 20.1 Å². The van der Waals surface area contributed by atoms with Gasteiger partial charge in [0.1, 0.15) is 5.54 Å². The van der Waals surface area contributed by atoms with Gasteiger partial charge in [0.2, 0.25) is 0 Å². The molecule has 0 radical (unpaired) electrons. The second-order valence-corrected chi connectivity index (χ2v) is 7.39. The maximum atomic E-state index is 12.4. The zero-order chi connectivity index (χ0) is 20.7. The van der Waals surface area contributed by atoms with Crippen LogP contribution in [0.25, 0.3) is 0 Å². The van der Waals surface area contributed by atoms with Gasteiger partial charge < -0.3 is 16.0 Å². The van der Waals surface area contributed by atoms with Crippen LogP contribution in [0.2, 0.25) is 0 Å². The van der Waals surface area contributed by atoms with Crippen molar-refractivity contribution in [3.8, 4) is 0 Å². The number of carbonyl (C=O) groups excluding carboxylic acids is 2. The summed E-state index contributed by atoms with van der Waals surface area (Å²) < 4.78 is 0. The maximum Gasteiger partial charge on any atom is 0.325 e. The minimum atomic E-state index is -0.773. The number of guanidine groups is 1. The van der Waals surface area contributed by atoms with Crippen LogP contribution in [-0.4, -0.2) is 48.5 Å². The molecule has 0 aliphatic carbocycles. The second kappa shape index (κ2) is 9.57. The van der Waals surface area contributed by atoms with E-state index in [0.29, 0.717) is 31.9 Å². The van der Waals surface area contributed by atoms with Gasteiger partial charge in [0.15, 0.2) is 5.96 Å². The molecular weight excluding hydrogens is 354 g/mol. The number of hydrogen-bond donors (Lipinski definition) is 3. The van der Waals surface area contributed by atoms with Crippen molar-refractivity contribution in [2.24, 2.45) is 4.99 Å². The Kier molecular flexibility index (Phi) is 7.43. The summed E-state index contributed by atoms with van der Waals surface area (Å²) in [5.74, 6) is 0.550. The van der Waals surface area contributed by atoms with Crippen LogP contribution in [0.15, 0.2) is 29.3 Å². The number of aryl methyl sites for hydroxylation is 1. The molecule has 1 fully saturated rings. The van der Waals surface area contributed by atoms with E-state index in [0.717, 1.165) is 6.42 Å². The van der Waals surface area contributed by atoms with Crippen LogP contribution >= 0.6 is 0 Å². The molecule has 1 saturated heterocycles. The van der Waals surface area contributed by atoms with Crippen LogP contribution in [0.1, 0.15) is 57.7 Å². The highest BCUT2D eigenvalue weighted by molar-refractivity contribution is 6.06. The summed E-state index contributed by atoms with van der Waals surface area (Å²) in [6.45, 7) is 8.90. The average molecular weight is 388 g/mol. The molecule has 2 rings (SSSR count). The largest absolute Gasteiger partial charge is 0.356 e. The van der Waals surface area contributed by atoms with Gasteiger partial charge in [-0.15, -0.1) is 0 Å². The minimum absolute atomic E-state index is 0.119. The predicted molar refractivity (Wildman–Crippen MR) is 112 cm³/mol. The summed E-state index contributed by atoms with van der Waals surface area (Å²) in [6.07, 6.45) is 2.26. The lowest BCUT2D eigenvalue weighted by atomic mass is 9.99. The number of amides is 3. The van der Waals surface area contributed by atoms with Crippen LogP contribution in [0, 0.1) is 0 Å². The lowest BCUT2D eigenvalue weighted by Crippen LogP contribution is -2.43. The number of imide groups is 1. The molecule has 2 atom stereocenters. The molecule has 1 aromatic rings. The van der Waals surface area contributed by atoms with Crippen molar-refractivity contribution in [1.82, 2.24) is 20.9 Å². The molecule has 3 N–H and O–H groups in total. The Morgan fingerprint density at radius 2 is 1.93 bits per heavy atom.